The van der Waals surface area contributed by atoms with Crippen molar-refractivity contribution in [2.24, 2.45) is 7.05 Å². The molecule has 1 aliphatic carbocycles. The Labute approximate surface area is 104 Å². The maximum Gasteiger partial charge on any atom is 0.268 e. The highest BCUT2D eigenvalue weighted by atomic mass is 35.7. The average Bonchev–Trinajstić information content (AvgIpc) is 2.53. The SMILES string of the molecule is Cn1cc(S(=O)(=O)Cl)cc1C(=O)NC1CCC1. The molecular formula is C10H13ClN2O3S. The van der Waals surface area contributed by atoms with Crippen molar-refractivity contribution < 1.29 is 13.2 Å². The third kappa shape index (κ3) is 2.63. The first kappa shape index (κ1) is 12.4. The summed E-state index contributed by atoms with van der Waals surface area (Å²) in [5, 5.41) is 2.84. The smallest absolute Gasteiger partial charge is 0.268 e. The lowest BCUT2D eigenvalue weighted by molar-refractivity contribution is 0.0908. The van der Waals surface area contributed by atoms with Crippen LogP contribution in [0.15, 0.2) is 17.2 Å². The van der Waals surface area contributed by atoms with Gasteiger partial charge in [-0.1, -0.05) is 0 Å². The van der Waals surface area contributed by atoms with Crippen molar-refractivity contribution >= 4 is 25.6 Å². The minimum atomic E-state index is -3.79. The Hall–Kier alpha value is -1.01. The van der Waals surface area contributed by atoms with Gasteiger partial charge in [0.2, 0.25) is 0 Å². The molecule has 0 radical (unpaired) electrons. The van der Waals surface area contributed by atoms with E-state index in [4.69, 9.17) is 10.7 Å². The quantitative estimate of drug-likeness (QED) is 0.845. The molecule has 2 rings (SSSR count). The summed E-state index contributed by atoms with van der Waals surface area (Å²) in [4.78, 5) is 11.8. The lowest BCUT2D eigenvalue weighted by Gasteiger charge is -2.26. The van der Waals surface area contributed by atoms with Crippen molar-refractivity contribution in [3.05, 3.63) is 18.0 Å². The zero-order valence-corrected chi connectivity index (χ0v) is 10.9. The molecule has 7 heteroatoms. The number of amides is 1. The average molecular weight is 277 g/mol. The van der Waals surface area contributed by atoms with E-state index in [9.17, 15) is 13.2 Å². The van der Waals surface area contributed by atoms with Crippen LogP contribution in [0.1, 0.15) is 29.8 Å². The van der Waals surface area contributed by atoms with Crippen molar-refractivity contribution in [3.63, 3.8) is 0 Å². The van der Waals surface area contributed by atoms with Crippen LogP contribution < -0.4 is 5.32 Å². The Morgan fingerprint density at radius 3 is 2.59 bits per heavy atom. The summed E-state index contributed by atoms with van der Waals surface area (Å²) in [6.45, 7) is 0. The second-order valence-electron chi connectivity index (χ2n) is 4.21. The van der Waals surface area contributed by atoms with Crippen molar-refractivity contribution in [2.45, 2.75) is 30.2 Å². The van der Waals surface area contributed by atoms with Gasteiger partial charge in [0.15, 0.2) is 0 Å². The number of nitrogens with one attached hydrogen (secondary N) is 1. The molecular weight excluding hydrogens is 264 g/mol. The highest BCUT2D eigenvalue weighted by Gasteiger charge is 2.23. The number of carbonyl (C=O) groups is 1. The topological polar surface area (TPSA) is 68.2 Å². The van der Waals surface area contributed by atoms with E-state index < -0.39 is 9.05 Å². The summed E-state index contributed by atoms with van der Waals surface area (Å²) in [6, 6.07) is 1.50. The summed E-state index contributed by atoms with van der Waals surface area (Å²) in [5.41, 5.74) is 0.302. The molecule has 0 aromatic carbocycles. The van der Waals surface area contributed by atoms with Crippen LogP contribution in [0.3, 0.4) is 0 Å². The van der Waals surface area contributed by atoms with Crippen LogP contribution in [0, 0.1) is 0 Å². The monoisotopic (exact) mass is 276 g/mol. The van der Waals surface area contributed by atoms with Gasteiger partial charge in [-0.25, -0.2) is 8.42 Å². The first-order valence-electron chi connectivity index (χ1n) is 5.30. The molecule has 1 saturated carbocycles. The molecule has 1 N–H and O–H groups in total. The van der Waals surface area contributed by atoms with Crippen LogP contribution in [-0.2, 0) is 16.1 Å². The Morgan fingerprint density at radius 1 is 1.53 bits per heavy atom. The lowest BCUT2D eigenvalue weighted by atomic mass is 9.93. The summed E-state index contributed by atoms with van der Waals surface area (Å²) in [7, 11) is 3.05. The first-order chi connectivity index (χ1) is 7.88. The standard InChI is InChI=1S/C10H13ClN2O3S/c1-13-6-8(17(11,15)16)5-9(13)10(14)12-7-3-2-4-7/h5-7H,2-4H2,1H3,(H,12,14). The summed E-state index contributed by atoms with van der Waals surface area (Å²) >= 11 is 0. The minimum Gasteiger partial charge on any atom is -0.348 e. The van der Waals surface area contributed by atoms with E-state index in [0.717, 1.165) is 19.3 Å². The highest BCUT2D eigenvalue weighted by Crippen LogP contribution is 2.20. The lowest BCUT2D eigenvalue weighted by Crippen LogP contribution is -2.40. The normalized spacial score (nSPS) is 16.6. The predicted molar refractivity (Wildman–Crippen MR) is 63.6 cm³/mol. The molecule has 0 bridgehead atoms. The maximum atomic E-state index is 11.8. The van der Waals surface area contributed by atoms with Gasteiger partial charge < -0.3 is 9.88 Å². The molecule has 5 nitrogen and oxygen atoms in total. The molecule has 0 atom stereocenters. The van der Waals surface area contributed by atoms with Crippen LogP contribution in [0.2, 0.25) is 0 Å². The highest BCUT2D eigenvalue weighted by molar-refractivity contribution is 8.13. The Balaban J connectivity index is 2.20. The van der Waals surface area contributed by atoms with Crippen molar-refractivity contribution in [3.8, 4) is 0 Å². The Kier molecular flexibility index (Phi) is 3.18. The van der Waals surface area contributed by atoms with Gasteiger partial charge in [-0.2, -0.15) is 0 Å². The number of hydrogen-bond acceptors (Lipinski definition) is 3. The Morgan fingerprint density at radius 2 is 2.18 bits per heavy atom. The fourth-order valence-electron chi connectivity index (χ4n) is 1.71. The molecule has 94 valence electrons. The van der Waals surface area contributed by atoms with Crippen LogP contribution >= 0.6 is 10.7 Å². The van der Waals surface area contributed by atoms with Crippen LogP contribution in [0.4, 0.5) is 0 Å². The maximum absolute atomic E-state index is 11.8. The fourth-order valence-corrected chi connectivity index (χ4v) is 2.49. The molecule has 0 unspecified atom stereocenters. The number of aromatic nitrogens is 1. The van der Waals surface area contributed by atoms with Gasteiger partial charge in [-0.15, -0.1) is 0 Å². The third-order valence-corrected chi connectivity index (χ3v) is 4.26. The second kappa shape index (κ2) is 4.34. The zero-order valence-electron chi connectivity index (χ0n) is 9.31. The summed E-state index contributed by atoms with van der Waals surface area (Å²) in [6.07, 6.45) is 4.42. The van der Waals surface area contributed by atoms with E-state index in [1.54, 1.807) is 7.05 Å². The minimum absolute atomic E-state index is 0.0552. The molecule has 17 heavy (non-hydrogen) atoms. The number of rotatable bonds is 3. The van der Waals surface area contributed by atoms with Crippen molar-refractivity contribution in [1.82, 2.24) is 9.88 Å². The van der Waals surface area contributed by atoms with Crippen molar-refractivity contribution in [1.29, 1.82) is 0 Å². The fraction of sp³-hybridized carbons (Fsp3) is 0.500. The largest absolute Gasteiger partial charge is 0.348 e. The molecule has 0 saturated heterocycles. The summed E-state index contributed by atoms with van der Waals surface area (Å²) in [5.74, 6) is -0.260. The van der Waals surface area contributed by atoms with E-state index in [0.29, 0.717) is 5.69 Å². The van der Waals surface area contributed by atoms with Crippen LogP contribution in [0.25, 0.3) is 0 Å². The third-order valence-electron chi connectivity index (χ3n) is 2.93. The summed E-state index contributed by atoms with van der Waals surface area (Å²) < 4.78 is 23.7. The van der Waals surface area contributed by atoms with E-state index in [-0.39, 0.29) is 16.8 Å². The zero-order chi connectivity index (χ0) is 12.6. The number of carbonyl (C=O) groups excluding carboxylic acids is 1. The van der Waals surface area contributed by atoms with Gasteiger partial charge in [0.25, 0.3) is 15.0 Å². The molecule has 1 fully saturated rings. The van der Waals surface area contributed by atoms with Gasteiger partial charge >= 0.3 is 0 Å². The Bertz CT molecular complexity index is 546. The number of nitrogens with zero attached hydrogens (tertiary/aromatic N) is 1. The molecule has 1 heterocycles. The van der Waals surface area contributed by atoms with Gasteiger partial charge in [-0.3, -0.25) is 4.79 Å². The molecule has 1 amide bonds. The molecule has 1 aliphatic rings. The van der Waals surface area contributed by atoms with E-state index in [2.05, 4.69) is 5.32 Å². The van der Waals surface area contributed by atoms with Gasteiger partial charge in [0.05, 0.1) is 0 Å². The van der Waals surface area contributed by atoms with E-state index >= 15 is 0 Å². The van der Waals surface area contributed by atoms with E-state index in [1.165, 1.54) is 16.8 Å². The van der Waals surface area contributed by atoms with Crippen molar-refractivity contribution in [2.75, 3.05) is 0 Å². The van der Waals surface area contributed by atoms with Gasteiger partial charge in [0, 0.05) is 30.0 Å². The molecule has 0 aliphatic heterocycles. The number of aryl methyl sites for hydroxylation is 1. The molecule has 1 aromatic rings. The van der Waals surface area contributed by atoms with Crippen LogP contribution in [-0.4, -0.2) is 24.9 Å². The predicted octanol–water partition coefficient (Wildman–Crippen LogP) is 1.23. The second-order valence-corrected chi connectivity index (χ2v) is 6.78. The van der Waals surface area contributed by atoms with Gasteiger partial charge in [-0.05, 0) is 25.3 Å². The van der Waals surface area contributed by atoms with Crippen LogP contribution in [0.5, 0.6) is 0 Å². The van der Waals surface area contributed by atoms with Gasteiger partial charge in [0.1, 0.15) is 10.6 Å². The molecule has 1 aromatic heterocycles. The number of halogens is 1. The first-order valence-corrected chi connectivity index (χ1v) is 7.61. The molecule has 0 spiro atoms. The van der Waals surface area contributed by atoms with E-state index in [1.807, 2.05) is 0 Å². The number of hydrogen-bond donors (Lipinski definition) is 1.